The molecule has 1 unspecified atom stereocenters. The average Bonchev–Trinajstić information content (AvgIpc) is 2.37. The van der Waals surface area contributed by atoms with Crippen molar-refractivity contribution >= 4 is 5.91 Å². The molecule has 0 spiro atoms. The fourth-order valence-corrected chi connectivity index (χ4v) is 1.55. The molecule has 0 radical (unpaired) electrons. The van der Waals surface area contributed by atoms with Crippen molar-refractivity contribution in [1.29, 1.82) is 0 Å². The Morgan fingerprint density at radius 3 is 2.79 bits per heavy atom. The lowest BCUT2D eigenvalue weighted by Crippen LogP contribution is -2.52. The molecule has 5 heteroatoms. The second-order valence-corrected chi connectivity index (χ2v) is 4.80. The van der Waals surface area contributed by atoms with Gasteiger partial charge in [-0.25, -0.2) is 4.39 Å². The number of likely N-dealkylation sites (N-methyl/N-ethyl adjacent to an activating group) is 1. The minimum Gasteiger partial charge on any atom is -0.492 e. The molecule has 0 aliphatic carbocycles. The van der Waals surface area contributed by atoms with Gasteiger partial charge in [-0.1, -0.05) is 13.0 Å². The van der Waals surface area contributed by atoms with Crippen molar-refractivity contribution in [2.24, 2.45) is 5.73 Å². The van der Waals surface area contributed by atoms with E-state index in [-0.39, 0.29) is 11.7 Å². The van der Waals surface area contributed by atoms with E-state index in [1.54, 1.807) is 26.1 Å². The molecule has 19 heavy (non-hydrogen) atoms. The highest BCUT2D eigenvalue weighted by molar-refractivity contribution is 5.85. The Kier molecular flexibility index (Phi) is 5.30. The van der Waals surface area contributed by atoms with E-state index in [4.69, 9.17) is 10.5 Å². The van der Waals surface area contributed by atoms with Crippen LogP contribution in [0.15, 0.2) is 24.3 Å². The summed E-state index contributed by atoms with van der Waals surface area (Å²) in [5, 5.41) is 0. The van der Waals surface area contributed by atoms with Gasteiger partial charge in [-0.2, -0.15) is 0 Å². The van der Waals surface area contributed by atoms with Gasteiger partial charge in [0.15, 0.2) is 0 Å². The maximum Gasteiger partial charge on any atom is 0.242 e. The number of ether oxygens (including phenoxy) is 1. The smallest absolute Gasteiger partial charge is 0.242 e. The summed E-state index contributed by atoms with van der Waals surface area (Å²) < 4.78 is 18.3. The molecular weight excluding hydrogens is 247 g/mol. The molecule has 4 nitrogen and oxygen atoms in total. The average molecular weight is 268 g/mol. The van der Waals surface area contributed by atoms with Gasteiger partial charge in [0.05, 0.1) is 12.1 Å². The molecule has 0 aliphatic heterocycles. The lowest BCUT2D eigenvalue weighted by Gasteiger charge is -2.28. The zero-order valence-electron chi connectivity index (χ0n) is 11.6. The summed E-state index contributed by atoms with van der Waals surface area (Å²) in [6.07, 6.45) is 0.570. The highest BCUT2D eigenvalue weighted by Gasteiger charge is 2.28. The van der Waals surface area contributed by atoms with Crippen LogP contribution in [-0.2, 0) is 4.79 Å². The van der Waals surface area contributed by atoms with Crippen LogP contribution in [0.1, 0.15) is 20.3 Å². The number of halogens is 1. The molecule has 0 heterocycles. The number of hydrogen-bond donors (Lipinski definition) is 1. The van der Waals surface area contributed by atoms with E-state index in [1.807, 2.05) is 6.92 Å². The first-order valence-corrected chi connectivity index (χ1v) is 6.29. The molecule has 1 aromatic rings. The fourth-order valence-electron chi connectivity index (χ4n) is 1.55. The zero-order valence-corrected chi connectivity index (χ0v) is 11.6. The zero-order chi connectivity index (χ0) is 14.5. The first kappa shape index (κ1) is 15.4. The predicted molar refractivity (Wildman–Crippen MR) is 72.4 cm³/mol. The minimum absolute atomic E-state index is 0.127. The number of amides is 1. The van der Waals surface area contributed by atoms with Crippen LogP contribution >= 0.6 is 0 Å². The molecule has 1 rings (SSSR count). The fraction of sp³-hybridized carbons (Fsp3) is 0.500. The third-order valence-corrected chi connectivity index (χ3v) is 3.06. The Labute approximate surface area is 113 Å². The monoisotopic (exact) mass is 268 g/mol. The number of benzene rings is 1. The molecule has 106 valence electrons. The molecule has 0 aromatic heterocycles. The van der Waals surface area contributed by atoms with E-state index in [2.05, 4.69) is 0 Å². The summed E-state index contributed by atoms with van der Waals surface area (Å²) in [5.41, 5.74) is 5.03. The Balaban J connectivity index is 2.43. The highest BCUT2D eigenvalue weighted by Crippen LogP contribution is 2.12. The number of carbonyl (C=O) groups excluding carboxylic acids is 1. The molecule has 0 aliphatic rings. The van der Waals surface area contributed by atoms with E-state index in [9.17, 15) is 9.18 Å². The summed E-state index contributed by atoms with van der Waals surface area (Å²) in [4.78, 5) is 13.5. The van der Waals surface area contributed by atoms with Crippen molar-refractivity contribution in [3.63, 3.8) is 0 Å². The molecule has 1 amide bonds. The maximum absolute atomic E-state index is 12.9. The largest absolute Gasteiger partial charge is 0.492 e. The Hall–Kier alpha value is -1.62. The van der Waals surface area contributed by atoms with Crippen LogP contribution in [0.3, 0.4) is 0 Å². The number of carbonyl (C=O) groups is 1. The van der Waals surface area contributed by atoms with Gasteiger partial charge in [-0.15, -0.1) is 0 Å². The van der Waals surface area contributed by atoms with Gasteiger partial charge in [-0.05, 0) is 25.5 Å². The summed E-state index contributed by atoms with van der Waals surface area (Å²) in [5.74, 6) is -0.0212. The molecule has 0 fully saturated rings. The normalized spacial score (nSPS) is 13.7. The third kappa shape index (κ3) is 4.52. The first-order chi connectivity index (χ1) is 8.86. The van der Waals surface area contributed by atoms with Crippen LogP contribution in [0.2, 0.25) is 0 Å². The van der Waals surface area contributed by atoms with Gasteiger partial charge < -0.3 is 15.4 Å². The summed E-state index contributed by atoms with van der Waals surface area (Å²) >= 11 is 0. The van der Waals surface area contributed by atoms with Crippen molar-refractivity contribution in [3.05, 3.63) is 30.1 Å². The standard InChI is InChI=1S/C14H21FN2O2/c1-4-14(2,16)13(18)17(3)8-9-19-12-7-5-6-11(15)10-12/h5-7,10H,4,8-9,16H2,1-3H3. The topological polar surface area (TPSA) is 55.6 Å². The minimum atomic E-state index is -0.854. The maximum atomic E-state index is 12.9. The van der Waals surface area contributed by atoms with Crippen LogP contribution in [0.4, 0.5) is 4.39 Å². The summed E-state index contributed by atoms with van der Waals surface area (Å²) in [6, 6.07) is 5.90. The van der Waals surface area contributed by atoms with Crippen LogP contribution in [0.25, 0.3) is 0 Å². The van der Waals surface area contributed by atoms with Gasteiger partial charge in [0, 0.05) is 13.1 Å². The Bertz CT molecular complexity index is 435. The van der Waals surface area contributed by atoms with Gasteiger partial charge in [0.2, 0.25) is 5.91 Å². The van der Waals surface area contributed by atoms with Crippen LogP contribution in [-0.4, -0.2) is 36.5 Å². The number of nitrogens with two attached hydrogens (primary N) is 1. The molecular formula is C14H21FN2O2. The Morgan fingerprint density at radius 1 is 1.53 bits per heavy atom. The van der Waals surface area contributed by atoms with Crippen molar-refractivity contribution in [2.75, 3.05) is 20.2 Å². The molecule has 1 aromatic carbocycles. The number of hydrogen-bond acceptors (Lipinski definition) is 3. The van der Waals surface area contributed by atoms with Gasteiger partial charge in [0.1, 0.15) is 18.2 Å². The van der Waals surface area contributed by atoms with Crippen molar-refractivity contribution in [3.8, 4) is 5.75 Å². The number of nitrogens with zero attached hydrogens (tertiary/aromatic N) is 1. The van der Waals surface area contributed by atoms with Gasteiger partial charge >= 0.3 is 0 Å². The molecule has 1 atom stereocenters. The van der Waals surface area contributed by atoms with E-state index in [0.29, 0.717) is 25.3 Å². The van der Waals surface area contributed by atoms with E-state index in [1.165, 1.54) is 17.0 Å². The summed E-state index contributed by atoms with van der Waals surface area (Å²) in [6.45, 7) is 4.28. The third-order valence-electron chi connectivity index (χ3n) is 3.06. The van der Waals surface area contributed by atoms with E-state index in [0.717, 1.165) is 0 Å². The van der Waals surface area contributed by atoms with E-state index < -0.39 is 5.54 Å². The van der Waals surface area contributed by atoms with Crippen molar-refractivity contribution in [2.45, 2.75) is 25.8 Å². The van der Waals surface area contributed by atoms with Crippen molar-refractivity contribution < 1.29 is 13.9 Å². The van der Waals surface area contributed by atoms with Crippen molar-refractivity contribution in [1.82, 2.24) is 4.90 Å². The predicted octanol–water partition coefficient (Wildman–Crippen LogP) is 1.79. The van der Waals surface area contributed by atoms with E-state index >= 15 is 0 Å². The Morgan fingerprint density at radius 2 is 2.21 bits per heavy atom. The number of rotatable bonds is 6. The first-order valence-electron chi connectivity index (χ1n) is 6.29. The lowest BCUT2D eigenvalue weighted by atomic mass is 9.99. The van der Waals surface area contributed by atoms with Gasteiger partial charge in [0.25, 0.3) is 0 Å². The molecule has 0 saturated carbocycles. The van der Waals surface area contributed by atoms with Crippen LogP contribution in [0, 0.1) is 5.82 Å². The quantitative estimate of drug-likeness (QED) is 0.855. The van der Waals surface area contributed by atoms with Crippen LogP contribution in [0.5, 0.6) is 5.75 Å². The van der Waals surface area contributed by atoms with Gasteiger partial charge in [-0.3, -0.25) is 4.79 Å². The molecule has 0 saturated heterocycles. The highest BCUT2D eigenvalue weighted by atomic mass is 19.1. The second kappa shape index (κ2) is 6.52. The van der Waals surface area contributed by atoms with Crippen LogP contribution < -0.4 is 10.5 Å². The molecule has 2 N–H and O–H groups in total. The lowest BCUT2D eigenvalue weighted by molar-refractivity contribution is -0.135. The second-order valence-electron chi connectivity index (χ2n) is 4.80. The molecule has 0 bridgehead atoms. The SMILES string of the molecule is CCC(C)(N)C(=O)N(C)CCOc1cccc(F)c1. The summed E-state index contributed by atoms with van der Waals surface area (Å²) in [7, 11) is 1.68.